The summed E-state index contributed by atoms with van der Waals surface area (Å²) in [5, 5.41) is 3.26. The lowest BCUT2D eigenvalue weighted by Gasteiger charge is -2.49. The van der Waals surface area contributed by atoms with Crippen molar-refractivity contribution in [1.29, 1.82) is 0 Å². The molecule has 132 valence electrons. The van der Waals surface area contributed by atoms with Gasteiger partial charge in [0.2, 0.25) is 0 Å². The molecule has 5 heteroatoms. The lowest BCUT2D eigenvalue weighted by molar-refractivity contribution is 0.0267. The minimum absolute atomic E-state index is 0.0493. The summed E-state index contributed by atoms with van der Waals surface area (Å²) in [4.78, 5) is 15.2. The van der Waals surface area contributed by atoms with Crippen molar-refractivity contribution in [3.63, 3.8) is 0 Å². The number of hydrogen-bond acceptors (Lipinski definition) is 3. The SMILES string of the molecule is COc1ccccc1-c1ccn(C(=O)N[C@@H]2C3CCN(CC3)[C@H]2C)c1. The fraction of sp³-hybridized carbons (Fsp3) is 0.450. The van der Waals surface area contributed by atoms with Crippen LogP contribution in [-0.4, -0.2) is 47.8 Å². The summed E-state index contributed by atoms with van der Waals surface area (Å²) in [5.41, 5.74) is 1.97. The number of piperidine rings is 3. The molecule has 2 aromatic rings. The van der Waals surface area contributed by atoms with E-state index in [2.05, 4.69) is 17.1 Å². The van der Waals surface area contributed by atoms with Gasteiger partial charge in [0, 0.05) is 35.6 Å². The molecule has 3 saturated heterocycles. The van der Waals surface area contributed by atoms with Gasteiger partial charge in [0.1, 0.15) is 5.75 Å². The van der Waals surface area contributed by atoms with Crippen LogP contribution in [0.2, 0.25) is 0 Å². The second kappa shape index (κ2) is 6.56. The quantitative estimate of drug-likeness (QED) is 0.934. The zero-order valence-electron chi connectivity index (χ0n) is 14.8. The minimum Gasteiger partial charge on any atom is -0.496 e. The largest absolute Gasteiger partial charge is 0.496 e. The number of amides is 1. The van der Waals surface area contributed by atoms with E-state index in [4.69, 9.17) is 4.74 Å². The smallest absolute Gasteiger partial charge is 0.325 e. The number of ether oxygens (including phenoxy) is 1. The van der Waals surface area contributed by atoms with E-state index in [-0.39, 0.29) is 12.1 Å². The van der Waals surface area contributed by atoms with Crippen LogP contribution in [0.3, 0.4) is 0 Å². The van der Waals surface area contributed by atoms with Crippen LogP contribution >= 0.6 is 0 Å². The second-order valence-corrected chi connectivity index (χ2v) is 7.10. The second-order valence-electron chi connectivity index (χ2n) is 7.10. The third-order valence-electron chi connectivity index (χ3n) is 5.81. The van der Waals surface area contributed by atoms with Crippen LogP contribution < -0.4 is 10.1 Å². The first-order chi connectivity index (χ1) is 12.2. The molecule has 3 aliphatic heterocycles. The molecule has 25 heavy (non-hydrogen) atoms. The van der Waals surface area contributed by atoms with Crippen LogP contribution in [0.5, 0.6) is 5.75 Å². The summed E-state index contributed by atoms with van der Waals surface area (Å²) >= 11 is 0. The molecule has 0 saturated carbocycles. The summed E-state index contributed by atoms with van der Waals surface area (Å²) < 4.78 is 7.07. The number of hydrogen-bond donors (Lipinski definition) is 1. The van der Waals surface area contributed by atoms with E-state index in [1.807, 2.05) is 42.7 Å². The number of para-hydroxylation sites is 1. The normalized spacial score (nSPS) is 27.9. The molecular formula is C20H25N3O2. The van der Waals surface area contributed by atoms with Gasteiger partial charge in [-0.05, 0) is 50.9 Å². The van der Waals surface area contributed by atoms with Crippen molar-refractivity contribution in [2.75, 3.05) is 20.2 Å². The van der Waals surface area contributed by atoms with Crippen molar-refractivity contribution in [3.8, 4) is 16.9 Å². The van der Waals surface area contributed by atoms with Crippen LogP contribution in [0.25, 0.3) is 11.1 Å². The minimum atomic E-state index is -0.0493. The molecule has 1 amide bonds. The number of fused-ring (bicyclic) bond motifs is 3. The van der Waals surface area contributed by atoms with Gasteiger partial charge in [-0.1, -0.05) is 18.2 Å². The van der Waals surface area contributed by atoms with Gasteiger partial charge < -0.3 is 10.1 Å². The highest BCUT2D eigenvalue weighted by atomic mass is 16.5. The maximum absolute atomic E-state index is 12.7. The van der Waals surface area contributed by atoms with E-state index in [9.17, 15) is 4.79 Å². The Labute approximate surface area is 148 Å². The van der Waals surface area contributed by atoms with Crippen LogP contribution in [0, 0.1) is 5.92 Å². The van der Waals surface area contributed by atoms with Crippen LogP contribution in [0.15, 0.2) is 42.7 Å². The van der Waals surface area contributed by atoms with E-state index >= 15 is 0 Å². The van der Waals surface area contributed by atoms with Crippen molar-refractivity contribution in [3.05, 3.63) is 42.7 Å². The summed E-state index contributed by atoms with van der Waals surface area (Å²) in [6, 6.07) is 10.4. The summed E-state index contributed by atoms with van der Waals surface area (Å²) in [5.74, 6) is 1.42. The third-order valence-corrected chi connectivity index (χ3v) is 5.81. The maximum Gasteiger partial charge on any atom is 0.325 e. The molecule has 5 nitrogen and oxygen atoms in total. The van der Waals surface area contributed by atoms with Crippen molar-refractivity contribution in [2.24, 2.45) is 5.92 Å². The van der Waals surface area contributed by atoms with E-state index in [1.54, 1.807) is 11.7 Å². The highest BCUT2D eigenvalue weighted by Crippen LogP contribution is 2.32. The van der Waals surface area contributed by atoms with Crippen molar-refractivity contribution in [1.82, 2.24) is 14.8 Å². The molecule has 0 aliphatic carbocycles. The molecule has 1 aromatic heterocycles. The predicted molar refractivity (Wildman–Crippen MR) is 97.9 cm³/mol. The first-order valence-corrected chi connectivity index (χ1v) is 9.03. The van der Waals surface area contributed by atoms with Gasteiger partial charge in [-0.2, -0.15) is 0 Å². The van der Waals surface area contributed by atoms with E-state index in [0.717, 1.165) is 16.9 Å². The molecule has 2 bridgehead atoms. The molecule has 1 aromatic carbocycles. The summed E-state index contributed by atoms with van der Waals surface area (Å²) in [6.45, 7) is 4.56. The Kier molecular flexibility index (Phi) is 4.25. The van der Waals surface area contributed by atoms with E-state index in [1.165, 1.54) is 25.9 Å². The predicted octanol–water partition coefficient (Wildman–Crippen LogP) is 3.20. The molecule has 0 radical (unpaired) electrons. The number of rotatable bonds is 3. The van der Waals surface area contributed by atoms with Crippen LogP contribution in [-0.2, 0) is 0 Å². The standard InChI is InChI=1S/C20H25N3O2/c1-14-19(15-7-10-22(14)11-8-15)21-20(24)23-12-9-16(13-23)17-5-3-4-6-18(17)25-2/h3-6,9,12-15,19H,7-8,10-11H2,1-2H3,(H,21,24)/t14-,19-/m0/s1. The Morgan fingerprint density at radius 3 is 2.68 bits per heavy atom. The molecule has 1 N–H and O–H groups in total. The van der Waals surface area contributed by atoms with Crippen LogP contribution in [0.1, 0.15) is 19.8 Å². The Hall–Kier alpha value is -2.27. The average molecular weight is 339 g/mol. The number of carbonyl (C=O) groups excluding carboxylic acids is 1. The molecule has 3 aliphatic rings. The van der Waals surface area contributed by atoms with Gasteiger partial charge in [0.15, 0.2) is 0 Å². The highest BCUT2D eigenvalue weighted by molar-refractivity contribution is 5.80. The molecule has 4 heterocycles. The zero-order valence-corrected chi connectivity index (χ0v) is 14.8. The zero-order chi connectivity index (χ0) is 17.4. The number of carbonyl (C=O) groups is 1. The fourth-order valence-corrected chi connectivity index (χ4v) is 4.33. The van der Waals surface area contributed by atoms with E-state index in [0.29, 0.717) is 12.0 Å². The van der Waals surface area contributed by atoms with Crippen molar-refractivity contribution in [2.45, 2.75) is 31.8 Å². The Morgan fingerprint density at radius 1 is 1.20 bits per heavy atom. The fourth-order valence-electron chi connectivity index (χ4n) is 4.33. The van der Waals surface area contributed by atoms with Crippen molar-refractivity contribution < 1.29 is 9.53 Å². The number of nitrogens with one attached hydrogen (secondary N) is 1. The molecular weight excluding hydrogens is 314 g/mol. The van der Waals surface area contributed by atoms with Gasteiger partial charge in [-0.15, -0.1) is 0 Å². The van der Waals surface area contributed by atoms with Gasteiger partial charge in [-0.3, -0.25) is 9.47 Å². The lowest BCUT2D eigenvalue weighted by Crippen LogP contribution is -2.62. The maximum atomic E-state index is 12.7. The lowest BCUT2D eigenvalue weighted by atomic mass is 9.79. The van der Waals surface area contributed by atoms with E-state index < -0.39 is 0 Å². The topological polar surface area (TPSA) is 46.5 Å². The van der Waals surface area contributed by atoms with Crippen LogP contribution in [0.4, 0.5) is 4.79 Å². The average Bonchev–Trinajstić information content (AvgIpc) is 3.15. The Balaban J connectivity index is 1.51. The van der Waals surface area contributed by atoms with Gasteiger partial charge in [-0.25, -0.2) is 4.79 Å². The number of aromatic nitrogens is 1. The van der Waals surface area contributed by atoms with Crippen molar-refractivity contribution >= 4 is 6.03 Å². The number of methoxy groups -OCH3 is 1. The Morgan fingerprint density at radius 2 is 1.96 bits per heavy atom. The first kappa shape index (κ1) is 16.2. The monoisotopic (exact) mass is 339 g/mol. The number of nitrogens with zero attached hydrogens (tertiary/aromatic N) is 2. The Bertz CT molecular complexity index is 760. The molecule has 0 spiro atoms. The summed E-state index contributed by atoms with van der Waals surface area (Å²) in [7, 11) is 1.66. The van der Waals surface area contributed by atoms with Gasteiger partial charge in [0.05, 0.1) is 7.11 Å². The third kappa shape index (κ3) is 2.93. The molecule has 2 atom stereocenters. The van der Waals surface area contributed by atoms with Gasteiger partial charge >= 0.3 is 6.03 Å². The molecule has 3 fully saturated rings. The first-order valence-electron chi connectivity index (χ1n) is 9.03. The highest BCUT2D eigenvalue weighted by Gasteiger charge is 2.40. The number of benzene rings is 1. The van der Waals surface area contributed by atoms with Gasteiger partial charge in [0.25, 0.3) is 0 Å². The summed E-state index contributed by atoms with van der Waals surface area (Å²) in [6.07, 6.45) is 6.07. The molecule has 5 rings (SSSR count). The molecule has 0 unspecified atom stereocenters.